The van der Waals surface area contributed by atoms with Crippen molar-refractivity contribution in [2.45, 2.75) is 12.7 Å². The van der Waals surface area contributed by atoms with Gasteiger partial charge >= 0.3 is 0 Å². The van der Waals surface area contributed by atoms with E-state index in [1.165, 1.54) is 0 Å². The molecule has 2 N–H and O–H groups in total. The normalized spacial score (nSPS) is 12.3. The van der Waals surface area contributed by atoms with Crippen LogP contribution in [0.15, 0.2) is 54.6 Å². The van der Waals surface area contributed by atoms with Crippen molar-refractivity contribution in [1.82, 2.24) is 5.48 Å². The van der Waals surface area contributed by atoms with E-state index in [1.54, 1.807) is 12.1 Å². The number of hydrogen-bond acceptors (Lipinski definition) is 3. The first-order chi connectivity index (χ1) is 9.27. The lowest BCUT2D eigenvalue weighted by Gasteiger charge is -2.13. The van der Waals surface area contributed by atoms with Gasteiger partial charge in [-0.05, 0) is 11.6 Å². The zero-order valence-corrected chi connectivity index (χ0v) is 11.2. The minimum atomic E-state index is -0.690. The Bertz CT molecular complexity index is 505. The lowest BCUT2D eigenvalue weighted by atomic mass is 10.1. The second-order valence-electron chi connectivity index (χ2n) is 4.16. The standard InChI is InChI=1S/C15H16ClNO2/c16-14-9-5-4-8-13(14)15(18)10-17-19-11-12-6-2-1-3-7-12/h1-9,15,17-18H,10-11H2. The second kappa shape index (κ2) is 7.26. The molecule has 19 heavy (non-hydrogen) atoms. The zero-order chi connectivity index (χ0) is 13.5. The average Bonchev–Trinajstić information content (AvgIpc) is 2.45. The van der Waals surface area contributed by atoms with Crippen molar-refractivity contribution in [2.24, 2.45) is 0 Å². The van der Waals surface area contributed by atoms with E-state index in [9.17, 15) is 5.11 Å². The molecule has 0 saturated heterocycles. The Morgan fingerprint density at radius 3 is 2.47 bits per heavy atom. The van der Waals surface area contributed by atoms with E-state index in [1.807, 2.05) is 42.5 Å². The molecule has 3 nitrogen and oxygen atoms in total. The fraction of sp³-hybridized carbons (Fsp3) is 0.200. The highest BCUT2D eigenvalue weighted by Crippen LogP contribution is 2.21. The van der Waals surface area contributed by atoms with Crippen molar-refractivity contribution in [2.75, 3.05) is 6.54 Å². The molecule has 0 amide bonds. The molecule has 0 spiro atoms. The van der Waals surface area contributed by atoms with Crippen LogP contribution in [0.1, 0.15) is 17.2 Å². The van der Waals surface area contributed by atoms with E-state index in [4.69, 9.17) is 16.4 Å². The number of halogens is 1. The van der Waals surface area contributed by atoms with Gasteiger partial charge in [0, 0.05) is 10.6 Å². The highest BCUT2D eigenvalue weighted by Gasteiger charge is 2.10. The summed E-state index contributed by atoms with van der Waals surface area (Å²) in [5.74, 6) is 0. The molecule has 0 aromatic heterocycles. The summed E-state index contributed by atoms with van der Waals surface area (Å²) >= 11 is 6.00. The van der Waals surface area contributed by atoms with Crippen molar-refractivity contribution >= 4 is 11.6 Å². The van der Waals surface area contributed by atoms with Crippen LogP contribution in [-0.4, -0.2) is 11.7 Å². The summed E-state index contributed by atoms with van der Waals surface area (Å²) in [5, 5.41) is 10.5. The highest BCUT2D eigenvalue weighted by atomic mass is 35.5. The molecule has 0 radical (unpaired) electrons. The number of benzene rings is 2. The fourth-order valence-corrected chi connectivity index (χ4v) is 1.96. The van der Waals surface area contributed by atoms with Gasteiger partial charge in [0.2, 0.25) is 0 Å². The van der Waals surface area contributed by atoms with Crippen molar-refractivity contribution in [3.63, 3.8) is 0 Å². The average molecular weight is 278 g/mol. The van der Waals surface area contributed by atoms with Crippen LogP contribution in [0.4, 0.5) is 0 Å². The summed E-state index contributed by atoms with van der Waals surface area (Å²) in [7, 11) is 0. The largest absolute Gasteiger partial charge is 0.387 e. The predicted octanol–water partition coefficient (Wildman–Crippen LogP) is 3.09. The van der Waals surface area contributed by atoms with Gasteiger partial charge in [-0.25, -0.2) is 0 Å². The molecule has 2 aromatic rings. The Kier molecular flexibility index (Phi) is 5.36. The molecule has 1 atom stereocenters. The van der Waals surface area contributed by atoms with Crippen LogP contribution in [0.2, 0.25) is 5.02 Å². The Morgan fingerprint density at radius 2 is 1.74 bits per heavy atom. The first kappa shape index (κ1) is 14.0. The van der Waals surface area contributed by atoms with Crippen molar-refractivity contribution in [3.05, 3.63) is 70.7 Å². The number of nitrogens with one attached hydrogen (secondary N) is 1. The molecule has 0 aliphatic rings. The van der Waals surface area contributed by atoms with E-state index < -0.39 is 6.10 Å². The molecule has 0 fully saturated rings. The first-order valence-corrected chi connectivity index (χ1v) is 6.46. The van der Waals surface area contributed by atoms with Crippen molar-refractivity contribution < 1.29 is 9.94 Å². The van der Waals surface area contributed by atoms with Gasteiger partial charge < -0.3 is 5.11 Å². The van der Waals surface area contributed by atoms with Crippen molar-refractivity contribution in [1.29, 1.82) is 0 Å². The highest BCUT2D eigenvalue weighted by molar-refractivity contribution is 6.31. The number of hydroxylamine groups is 1. The maximum absolute atomic E-state index is 9.97. The van der Waals surface area contributed by atoms with Gasteiger partial charge in [-0.15, -0.1) is 0 Å². The van der Waals surface area contributed by atoms with Crippen LogP contribution in [-0.2, 0) is 11.4 Å². The van der Waals surface area contributed by atoms with Gasteiger partial charge in [0.25, 0.3) is 0 Å². The monoisotopic (exact) mass is 277 g/mol. The molecular weight excluding hydrogens is 262 g/mol. The maximum atomic E-state index is 9.97. The van der Waals surface area contributed by atoms with Crippen LogP contribution in [0.25, 0.3) is 0 Å². The third-order valence-electron chi connectivity index (χ3n) is 2.72. The van der Waals surface area contributed by atoms with Crippen LogP contribution in [0.3, 0.4) is 0 Å². The Balaban J connectivity index is 1.76. The van der Waals surface area contributed by atoms with Crippen LogP contribution < -0.4 is 5.48 Å². The van der Waals surface area contributed by atoms with E-state index in [-0.39, 0.29) is 6.54 Å². The number of aliphatic hydroxyl groups is 1. The fourth-order valence-electron chi connectivity index (χ4n) is 1.70. The van der Waals surface area contributed by atoms with E-state index in [0.29, 0.717) is 17.2 Å². The minimum Gasteiger partial charge on any atom is -0.387 e. The van der Waals surface area contributed by atoms with Gasteiger partial charge in [0.05, 0.1) is 19.3 Å². The lowest BCUT2D eigenvalue weighted by molar-refractivity contribution is 0.00272. The molecule has 2 aromatic carbocycles. The summed E-state index contributed by atoms with van der Waals surface area (Å²) in [6.45, 7) is 0.743. The molecule has 0 aliphatic heterocycles. The Labute approximate surface area is 117 Å². The van der Waals surface area contributed by atoms with Gasteiger partial charge in [0.15, 0.2) is 0 Å². The van der Waals surface area contributed by atoms with E-state index in [2.05, 4.69) is 5.48 Å². The van der Waals surface area contributed by atoms with Crippen LogP contribution >= 0.6 is 11.6 Å². The van der Waals surface area contributed by atoms with Gasteiger partial charge in [0.1, 0.15) is 0 Å². The summed E-state index contributed by atoms with van der Waals surface area (Å²) in [6.07, 6.45) is -0.690. The van der Waals surface area contributed by atoms with E-state index >= 15 is 0 Å². The molecular formula is C15H16ClNO2. The van der Waals surface area contributed by atoms with Gasteiger partial charge in [-0.1, -0.05) is 60.1 Å². The quantitative estimate of drug-likeness (QED) is 0.630. The molecule has 100 valence electrons. The zero-order valence-electron chi connectivity index (χ0n) is 10.4. The molecule has 0 heterocycles. The number of rotatable bonds is 6. The van der Waals surface area contributed by atoms with Gasteiger partial charge in [-0.2, -0.15) is 5.48 Å². The number of aliphatic hydroxyl groups excluding tert-OH is 1. The number of hydrogen-bond donors (Lipinski definition) is 2. The predicted molar refractivity (Wildman–Crippen MR) is 75.6 cm³/mol. The third kappa shape index (κ3) is 4.33. The smallest absolute Gasteiger partial charge is 0.0951 e. The summed E-state index contributed by atoms with van der Waals surface area (Å²) in [5.41, 5.74) is 4.52. The molecule has 2 rings (SSSR count). The molecule has 1 unspecified atom stereocenters. The molecule has 0 aliphatic carbocycles. The topological polar surface area (TPSA) is 41.5 Å². The summed E-state index contributed by atoms with van der Waals surface area (Å²) < 4.78 is 0. The Hall–Kier alpha value is -1.39. The third-order valence-corrected chi connectivity index (χ3v) is 3.07. The minimum absolute atomic E-state index is 0.288. The van der Waals surface area contributed by atoms with E-state index in [0.717, 1.165) is 5.56 Å². The Morgan fingerprint density at radius 1 is 1.05 bits per heavy atom. The molecule has 0 saturated carbocycles. The SMILES string of the molecule is OC(CNOCc1ccccc1)c1ccccc1Cl. The summed E-state index contributed by atoms with van der Waals surface area (Å²) in [4.78, 5) is 5.30. The van der Waals surface area contributed by atoms with Crippen molar-refractivity contribution in [3.8, 4) is 0 Å². The summed E-state index contributed by atoms with van der Waals surface area (Å²) in [6, 6.07) is 17.1. The maximum Gasteiger partial charge on any atom is 0.0951 e. The molecule has 0 bridgehead atoms. The molecule has 4 heteroatoms. The lowest BCUT2D eigenvalue weighted by Crippen LogP contribution is -2.22. The van der Waals surface area contributed by atoms with Crippen LogP contribution in [0.5, 0.6) is 0 Å². The van der Waals surface area contributed by atoms with Crippen LogP contribution in [0, 0.1) is 0 Å². The second-order valence-corrected chi connectivity index (χ2v) is 4.57. The first-order valence-electron chi connectivity index (χ1n) is 6.08. The van der Waals surface area contributed by atoms with Gasteiger partial charge in [-0.3, -0.25) is 4.84 Å².